The van der Waals surface area contributed by atoms with Crippen LogP contribution in [0.25, 0.3) is 0 Å². The molecule has 0 spiro atoms. The molecule has 1 atom stereocenters. The van der Waals surface area contributed by atoms with Crippen LogP contribution in [0, 0.1) is 17.5 Å². The van der Waals surface area contributed by atoms with Crippen LogP contribution in [0.1, 0.15) is 16.5 Å². The molecule has 0 saturated heterocycles. The minimum absolute atomic E-state index is 0.0688. The molecule has 0 aliphatic heterocycles. The Morgan fingerprint density at radius 1 is 0.944 bits per heavy atom. The maximum atomic E-state index is 13.7. The topological polar surface area (TPSA) is 0 Å². The van der Waals surface area contributed by atoms with E-state index in [-0.39, 0.29) is 16.1 Å². The van der Waals surface area contributed by atoms with Gasteiger partial charge in [0.25, 0.3) is 0 Å². The molecule has 1 unspecified atom stereocenters. The Labute approximate surface area is 112 Å². The second-order valence-corrected chi connectivity index (χ2v) is 4.52. The van der Waals surface area contributed by atoms with Gasteiger partial charge in [-0.1, -0.05) is 29.8 Å². The average molecular weight is 291 g/mol. The first-order valence-electron chi connectivity index (χ1n) is 5.03. The normalized spacial score (nSPS) is 12.5. The molecule has 2 aromatic carbocycles. The van der Waals surface area contributed by atoms with Gasteiger partial charge >= 0.3 is 0 Å². The van der Waals surface area contributed by atoms with Crippen molar-refractivity contribution in [2.75, 3.05) is 0 Å². The molecule has 0 N–H and O–H groups in total. The van der Waals surface area contributed by atoms with Crippen molar-refractivity contribution in [1.29, 1.82) is 0 Å². The first-order chi connectivity index (χ1) is 8.50. The highest BCUT2D eigenvalue weighted by atomic mass is 35.5. The molecule has 0 heterocycles. The number of alkyl halides is 1. The Morgan fingerprint density at radius 2 is 1.67 bits per heavy atom. The molecule has 2 aromatic rings. The highest BCUT2D eigenvalue weighted by Gasteiger charge is 2.18. The highest BCUT2D eigenvalue weighted by molar-refractivity contribution is 6.31. The molecule has 2 rings (SSSR count). The molecule has 0 bridgehead atoms. The summed E-state index contributed by atoms with van der Waals surface area (Å²) in [7, 11) is 0. The van der Waals surface area contributed by atoms with E-state index in [0.717, 1.165) is 12.1 Å². The van der Waals surface area contributed by atoms with Gasteiger partial charge in [-0.05, 0) is 23.8 Å². The predicted octanol–water partition coefficient (Wildman–Crippen LogP) is 5.09. The molecule has 0 aliphatic rings. The first kappa shape index (κ1) is 13.2. The van der Waals surface area contributed by atoms with E-state index in [9.17, 15) is 13.2 Å². The van der Waals surface area contributed by atoms with E-state index in [1.54, 1.807) is 0 Å². The van der Waals surface area contributed by atoms with Gasteiger partial charge in [-0.2, -0.15) is 0 Å². The van der Waals surface area contributed by atoms with Gasteiger partial charge in [-0.3, -0.25) is 0 Å². The van der Waals surface area contributed by atoms with Crippen molar-refractivity contribution in [1.82, 2.24) is 0 Å². The third-order valence-corrected chi connectivity index (χ3v) is 3.27. The summed E-state index contributed by atoms with van der Waals surface area (Å²) < 4.78 is 39.6. The molecule has 18 heavy (non-hydrogen) atoms. The van der Waals surface area contributed by atoms with Gasteiger partial charge in [-0.15, -0.1) is 11.6 Å². The van der Waals surface area contributed by atoms with Crippen molar-refractivity contribution in [3.8, 4) is 0 Å². The van der Waals surface area contributed by atoms with Crippen LogP contribution >= 0.6 is 23.2 Å². The fourth-order valence-corrected chi connectivity index (χ4v) is 2.05. The zero-order valence-electron chi connectivity index (χ0n) is 8.93. The van der Waals surface area contributed by atoms with Crippen LogP contribution in [0.2, 0.25) is 5.02 Å². The van der Waals surface area contributed by atoms with Crippen LogP contribution in [0.3, 0.4) is 0 Å². The van der Waals surface area contributed by atoms with E-state index < -0.39 is 22.8 Å². The molecule has 0 nitrogen and oxygen atoms in total. The number of halogens is 5. The van der Waals surface area contributed by atoms with E-state index in [2.05, 4.69) is 0 Å². The Bertz CT molecular complexity index is 584. The lowest BCUT2D eigenvalue weighted by Crippen LogP contribution is -1.99. The molecular weight excluding hydrogens is 284 g/mol. The molecule has 0 saturated carbocycles. The van der Waals surface area contributed by atoms with E-state index in [0.29, 0.717) is 0 Å². The fraction of sp³-hybridized carbons (Fsp3) is 0.0769. The van der Waals surface area contributed by atoms with Crippen molar-refractivity contribution in [2.45, 2.75) is 5.38 Å². The summed E-state index contributed by atoms with van der Waals surface area (Å²) in [6, 6.07) is 7.55. The Kier molecular flexibility index (Phi) is 3.83. The van der Waals surface area contributed by atoms with Crippen LogP contribution in [-0.2, 0) is 0 Å². The van der Waals surface area contributed by atoms with Crippen molar-refractivity contribution in [2.24, 2.45) is 0 Å². The largest absolute Gasteiger partial charge is 0.205 e. The Morgan fingerprint density at radius 3 is 2.33 bits per heavy atom. The third kappa shape index (κ3) is 2.47. The lowest BCUT2D eigenvalue weighted by Gasteiger charge is -2.12. The van der Waals surface area contributed by atoms with Crippen LogP contribution < -0.4 is 0 Å². The second kappa shape index (κ2) is 5.21. The predicted molar refractivity (Wildman–Crippen MR) is 65.5 cm³/mol. The zero-order valence-corrected chi connectivity index (χ0v) is 10.4. The monoisotopic (exact) mass is 290 g/mol. The maximum Gasteiger partial charge on any atom is 0.159 e. The lowest BCUT2D eigenvalue weighted by molar-refractivity contribution is 0.507. The average Bonchev–Trinajstić information content (AvgIpc) is 2.35. The van der Waals surface area contributed by atoms with Crippen molar-refractivity contribution in [3.05, 3.63) is 70.0 Å². The quantitative estimate of drug-likeness (QED) is 0.676. The summed E-state index contributed by atoms with van der Waals surface area (Å²) in [5.74, 6) is -2.67. The van der Waals surface area contributed by atoms with Gasteiger partial charge in [0.05, 0.1) is 10.4 Å². The summed E-state index contributed by atoms with van der Waals surface area (Å²) in [5.41, 5.74) is 0.381. The van der Waals surface area contributed by atoms with E-state index in [4.69, 9.17) is 23.2 Å². The molecular formula is C13H7Cl2F3. The van der Waals surface area contributed by atoms with Crippen molar-refractivity contribution >= 4 is 23.2 Å². The highest BCUT2D eigenvalue weighted by Crippen LogP contribution is 2.33. The smallest absolute Gasteiger partial charge is 0.159 e. The molecule has 94 valence electrons. The molecule has 0 amide bonds. The second-order valence-electron chi connectivity index (χ2n) is 3.68. The maximum absolute atomic E-state index is 13.7. The van der Waals surface area contributed by atoms with Crippen LogP contribution in [0.15, 0.2) is 36.4 Å². The molecule has 0 radical (unpaired) electrons. The fourth-order valence-electron chi connectivity index (χ4n) is 1.57. The van der Waals surface area contributed by atoms with E-state index in [1.807, 2.05) is 0 Å². The third-order valence-electron chi connectivity index (χ3n) is 2.49. The number of rotatable bonds is 2. The Balaban J connectivity index is 2.44. The minimum atomic E-state index is -1.03. The summed E-state index contributed by atoms with van der Waals surface area (Å²) in [4.78, 5) is 0. The molecule has 5 heteroatoms. The van der Waals surface area contributed by atoms with Crippen molar-refractivity contribution in [3.63, 3.8) is 0 Å². The van der Waals surface area contributed by atoms with Crippen LogP contribution in [0.5, 0.6) is 0 Å². The lowest BCUT2D eigenvalue weighted by atomic mass is 10.0. The van der Waals surface area contributed by atoms with Gasteiger partial charge in [0.2, 0.25) is 0 Å². The number of benzene rings is 2. The molecule has 0 aliphatic carbocycles. The summed E-state index contributed by atoms with van der Waals surface area (Å²) in [6.07, 6.45) is 0. The number of hydrogen-bond acceptors (Lipinski definition) is 0. The number of hydrogen-bond donors (Lipinski definition) is 0. The van der Waals surface area contributed by atoms with Crippen LogP contribution in [0.4, 0.5) is 13.2 Å². The van der Waals surface area contributed by atoms with Gasteiger partial charge in [-0.25, -0.2) is 13.2 Å². The van der Waals surface area contributed by atoms with E-state index >= 15 is 0 Å². The summed E-state index contributed by atoms with van der Waals surface area (Å²) in [6.45, 7) is 0. The van der Waals surface area contributed by atoms with Gasteiger partial charge in [0, 0.05) is 5.56 Å². The van der Waals surface area contributed by atoms with Gasteiger partial charge in [0.15, 0.2) is 11.6 Å². The minimum Gasteiger partial charge on any atom is -0.205 e. The standard InChI is InChI=1S/C13H7Cl2F3/c14-9-3-1-2-8(13(9)18)12(15)7-4-5-10(16)11(17)6-7/h1-6,12H. The molecule has 0 aromatic heterocycles. The first-order valence-corrected chi connectivity index (χ1v) is 5.85. The Hall–Kier alpha value is -1.19. The summed E-state index contributed by atoms with van der Waals surface area (Å²) in [5, 5.41) is -1.00. The van der Waals surface area contributed by atoms with Crippen molar-refractivity contribution < 1.29 is 13.2 Å². The SMILES string of the molecule is Fc1ccc(C(Cl)c2cccc(Cl)c2F)cc1F. The van der Waals surface area contributed by atoms with Crippen LogP contribution in [-0.4, -0.2) is 0 Å². The summed E-state index contributed by atoms with van der Waals surface area (Å²) >= 11 is 11.7. The molecule has 0 fully saturated rings. The van der Waals surface area contributed by atoms with Gasteiger partial charge in [0.1, 0.15) is 5.82 Å². The zero-order chi connectivity index (χ0) is 13.3. The van der Waals surface area contributed by atoms with Gasteiger partial charge < -0.3 is 0 Å². The van der Waals surface area contributed by atoms with E-state index in [1.165, 1.54) is 24.3 Å².